The van der Waals surface area contributed by atoms with Crippen molar-refractivity contribution in [1.82, 2.24) is 9.21 Å². The number of rotatable bonds is 4. The molecule has 3 aromatic rings. The molecule has 0 aromatic heterocycles. The molecule has 0 atom stereocenters. The van der Waals surface area contributed by atoms with E-state index in [-0.39, 0.29) is 30.3 Å². The third-order valence-corrected chi connectivity index (χ3v) is 7.18. The van der Waals surface area contributed by atoms with E-state index in [1.165, 1.54) is 16.4 Å². The Labute approximate surface area is 169 Å². The minimum atomic E-state index is -3.69. The van der Waals surface area contributed by atoms with Crippen molar-refractivity contribution in [2.45, 2.75) is 11.3 Å². The summed E-state index contributed by atoms with van der Waals surface area (Å²) in [7, 11) is -3.69. The Bertz CT molecular complexity index is 1130. The molecule has 7 heteroatoms. The van der Waals surface area contributed by atoms with E-state index in [4.69, 9.17) is 0 Å². The van der Waals surface area contributed by atoms with Crippen molar-refractivity contribution in [2.24, 2.45) is 0 Å². The molecule has 0 saturated carbocycles. The van der Waals surface area contributed by atoms with E-state index < -0.39 is 15.8 Å². The van der Waals surface area contributed by atoms with E-state index in [0.29, 0.717) is 13.1 Å². The molecule has 150 valence electrons. The Morgan fingerprint density at radius 2 is 1.52 bits per heavy atom. The van der Waals surface area contributed by atoms with Crippen molar-refractivity contribution in [1.29, 1.82) is 0 Å². The first kappa shape index (κ1) is 19.5. The van der Waals surface area contributed by atoms with E-state index in [1.807, 2.05) is 42.5 Å². The second-order valence-electron chi connectivity index (χ2n) is 7.05. The van der Waals surface area contributed by atoms with Gasteiger partial charge in [-0.2, -0.15) is 4.31 Å². The average molecular weight is 412 g/mol. The van der Waals surface area contributed by atoms with Crippen LogP contribution in [0.4, 0.5) is 4.39 Å². The fourth-order valence-electron chi connectivity index (χ4n) is 3.65. The van der Waals surface area contributed by atoms with Crippen LogP contribution < -0.4 is 0 Å². The molecule has 0 spiro atoms. The van der Waals surface area contributed by atoms with Gasteiger partial charge in [0.2, 0.25) is 15.9 Å². The van der Waals surface area contributed by atoms with E-state index in [1.54, 1.807) is 4.90 Å². The number of hydrogen-bond donors (Lipinski definition) is 0. The van der Waals surface area contributed by atoms with Crippen molar-refractivity contribution in [3.63, 3.8) is 0 Å². The van der Waals surface area contributed by atoms with Crippen molar-refractivity contribution >= 4 is 26.7 Å². The Morgan fingerprint density at radius 1 is 0.862 bits per heavy atom. The number of amides is 1. The standard InChI is InChI=1S/C22H21FN2O3S/c23-19-8-10-20(11-9-19)29(27,28)25-14-12-24(13-15-25)22(26)16-18-6-3-5-17-4-1-2-7-21(17)18/h1-11H,12-16H2. The minimum Gasteiger partial charge on any atom is -0.340 e. The summed E-state index contributed by atoms with van der Waals surface area (Å²) in [5.74, 6) is -0.493. The summed E-state index contributed by atoms with van der Waals surface area (Å²) in [5.41, 5.74) is 0.967. The predicted octanol–water partition coefficient (Wildman–Crippen LogP) is 3.05. The quantitative estimate of drug-likeness (QED) is 0.662. The Morgan fingerprint density at radius 3 is 2.24 bits per heavy atom. The second-order valence-corrected chi connectivity index (χ2v) is 8.99. The fraction of sp³-hybridized carbons (Fsp3) is 0.227. The van der Waals surface area contributed by atoms with Gasteiger partial charge in [0.25, 0.3) is 0 Å². The number of halogens is 1. The van der Waals surface area contributed by atoms with Crippen LogP contribution in [0.5, 0.6) is 0 Å². The fourth-order valence-corrected chi connectivity index (χ4v) is 5.08. The Balaban J connectivity index is 1.43. The highest BCUT2D eigenvalue weighted by atomic mass is 32.2. The molecule has 0 bridgehead atoms. The highest BCUT2D eigenvalue weighted by molar-refractivity contribution is 7.89. The van der Waals surface area contributed by atoms with Crippen molar-refractivity contribution in [3.05, 3.63) is 78.1 Å². The molecule has 29 heavy (non-hydrogen) atoms. The maximum Gasteiger partial charge on any atom is 0.243 e. The highest BCUT2D eigenvalue weighted by Crippen LogP contribution is 2.21. The molecule has 4 rings (SSSR count). The summed E-state index contributed by atoms with van der Waals surface area (Å²) in [6.45, 7) is 1.12. The first-order valence-corrected chi connectivity index (χ1v) is 10.9. The molecule has 3 aromatic carbocycles. The maximum atomic E-state index is 13.1. The zero-order chi connectivity index (χ0) is 20.4. The Kier molecular flexibility index (Phi) is 5.34. The van der Waals surface area contributed by atoms with Gasteiger partial charge in [-0.15, -0.1) is 0 Å². The van der Waals surface area contributed by atoms with Gasteiger partial charge in [0.1, 0.15) is 5.82 Å². The first-order chi connectivity index (χ1) is 13.9. The van der Waals surface area contributed by atoms with Crippen molar-refractivity contribution in [2.75, 3.05) is 26.2 Å². The normalized spacial score (nSPS) is 15.6. The van der Waals surface area contributed by atoms with Gasteiger partial charge >= 0.3 is 0 Å². The van der Waals surface area contributed by atoms with Gasteiger partial charge in [-0.1, -0.05) is 42.5 Å². The summed E-state index contributed by atoms with van der Waals surface area (Å²) < 4.78 is 39.9. The lowest BCUT2D eigenvalue weighted by Crippen LogP contribution is -2.50. The van der Waals surface area contributed by atoms with Crippen LogP contribution in [0.3, 0.4) is 0 Å². The molecule has 1 fully saturated rings. The van der Waals surface area contributed by atoms with E-state index in [2.05, 4.69) is 0 Å². The lowest BCUT2D eigenvalue weighted by Gasteiger charge is -2.34. The summed E-state index contributed by atoms with van der Waals surface area (Å²) in [6, 6.07) is 18.7. The van der Waals surface area contributed by atoms with Crippen LogP contribution in [0.1, 0.15) is 5.56 Å². The molecule has 1 aliphatic rings. The van der Waals surface area contributed by atoms with Crippen LogP contribution in [0.25, 0.3) is 10.8 Å². The first-order valence-electron chi connectivity index (χ1n) is 9.45. The molecule has 1 saturated heterocycles. The minimum absolute atomic E-state index is 0.0137. The lowest BCUT2D eigenvalue weighted by molar-refractivity contribution is -0.131. The van der Waals surface area contributed by atoms with Gasteiger partial charge in [0.15, 0.2) is 0 Å². The molecule has 0 N–H and O–H groups in total. The number of fused-ring (bicyclic) bond motifs is 1. The molecule has 0 radical (unpaired) electrons. The molecule has 1 heterocycles. The number of benzene rings is 3. The van der Waals surface area contributed by atoms with Crippen LogP contribution in [-0.4, -0.2) is 49.7 Å². The van der Waals surface area contributed by atoms with Gasteiger partial charge in [-0.3, -0.25) is 4.79 Å². The monoisotopic (exact) mass is 412 g/mol. The predicted molar refractivity (Wildman–Crippen MR) is 109 cm³/mol. The average Bonchev–Trinajstić information content (AvgIpc) is 2.74. The molecule has 5 nitrogen and oxygen atoms in total. The van der Waals surface area contributed by atoms with Gasteiger partial charge in [0.05, 0.1) is 11.3 Å². The SMILES string of the molecule is O=C(Cc1cccc2ccccc12)N1CCN(S(=O)(=O)c2ccc(F)cc2)CC1. The Hall–Kier alpha value is -2.77. The number of piperazine rings is 1. The van der Waals surface area contributed by atoms with Crippen molar-refractivity contribution < 1.29 is 17.6 Å². The molecule has 0 unspecified atom stereocenters. The third-order valence-electron chi connectivity index (χ3n) is 5.26. The highest BCUT2D eigenvalue weighted by Gasteiger charge is 2.30. The molecule has 0 aliphatic carbocycles. The summed E-state index contributed by atoms with van der Waals surface area (Å²) in [5, 5.41) is 2.15. The number of carbonyl (C=O) groups is 1. The van der Waals surface area contributed by atoms with Crippen LogP contribution in [0.15, 0.2) is 71.6 Å². The lowest BCUT2D eigenvalue weighted by atomic mass is 10.0. The number of hydrogen-bond acceptors (Lipinski definition) is 3. The maximum absolute atomic E-state index is 13.1. The third kappa shape index (κ3) is 4.02. The smallest absolute Gasteiger partial charge is 0.243 e. The van der Waals surface area contributed by atoms with Crippen LogP contribution in [-0.2, 0) is 21.2 Å². The molecular formula is C22H21FN2O3S. The largest absolute Gasteiger partial charge is 0.340 e. The summed E-state index contributed by atoms with van der Waals surface area (Å²) in [4.78, 5) is 14.6. The van der Waals surface area contributed by atoms with Crippen LogP contribution >= 0.6 is 0 Å². The van der Waals surface area contributed by atoms with Crippen LogP contribution in [0.2, 0.25) is 0 Å². The molecule has 1 amide bonds. The summed E-state index contributed by atoms with van der Waals surface area (Å²) >= 11 is 0. The topological polar surface area (TPSA) is 57.7 Å². The van der Waals surface area contributed by atoms with Gasteiger partial charge < -0.3 is 4.90 Å². The van der Waals surface area contributed by atoms with Crippen LogP contribution in [0, 0.1) is 5.82 Å². The van der Waals surface area contributed by atoms with Gasteiger partial charge in [-0.05, 0) is 40.6 Å². The van der Waals surface area contributed by atoms with E-state index in [0.717, 1.165) is 28.5 Å². The summed E-state index contributed by atoms with van der Waals surface area (Å²) in [6.07, 6.45) is 0.284. The number of carbonyl (C=O) groups excluding carboxylic acids is 1. The number of nitrogens with zero attached hydrogens (tertiary/aromatic N) is 2. The van der Waals surface area contributed by atoms with E-state index in [9.17, 15) is 17.6 Å². The van der Waals surface area contributed by atoms with Gasteiger partial charge in [0, 0.05) is 26.2 Å². The van der Waals surface area contributed by atoms with Crippen molar-refractivity contribution in [3.8, 4) is 0 Å². The second kappa shape index (κ2) is 7.93. The molecular weight excluding hydrogens is 391 g/mol. The molecule has 1 aliphatic heterocycles. The zero-order valence-electron chi connectivity index (χ0n) is 15.8. The number of sulfonamides is 1. The van der Waals surface area contributed by atoms with Gasteiger partial charge in [-0.25, -0.2) is 12.8 Å². The zero-order valence-corrected chi connectivity index (χ0v) is 16.6. The van der Waals surface area contributed by atoms with E-state index >= 15 is 0 Å².